The summed E-state index contributed by atoms with van der Waals surface area (Å²) in [7, 11) is 4.04. The van der Waals surface area contributed by atoms with E-state index in [1.165, 1.54) is 0 Å². The van der Waals surface area contributed by atoms with Crippen LogP contribution < -0.4 is 19.3 Å². The molecular formula is C16H22F6N4O4. The number of halogens is 6. The molecule has 14 heteroatoms. The summed E-state index contributed by atoms with van der Waals surface area (Å²) in [5.41, 5.74) is 0. The van der Waals surface area contributed by atoms with E-state index in [-0.39, 0.29) is 0 Å². The highest BCUT2D eigenvalue weighted by Crippen LogP contribution is 2.12. The summed E-state index contributed by atoms with van der Waals surface area (Å²) in [4.78, 5) is 17.6. The maximum atomic E-state index is 10.5. The minimum absolute atomic E-state index is 1.06. The van der Waals surface area contributed by atoms with Gasteiger partial charge in [0.05, 0.1) is 27.2 Å². The summed E-state index contributed by atoms with van der Waals surface area (Å²) in [6.07, 6.45) is 1.90. The highest BCUT2D eigenvalue weighted by atomic mass is 19.4. The summed E-state index contributed by atoms with van der Waals surface area (Å²) in [5, 5.41) is 17.6. The molecule has 2 aromatic rings. The maximum absolute atomic E-state index is 10.5. The van der Waals surface area contributed by atoms with Crippen LogP contribution in [0.3, 0.4) is 0 Å². The number of hydrogen-bond donors (Lipinski definition) is 0. The van der Waals surface area contributed by atoms with Gasteiger partial charge in [0.15, 0.2) is 0 Å². The Morgan fingerprint density at radius 1 is 0.767 bits per heavy atom. The highest BCUT2D eigenvalue weighted by Gasteiger charge is 2.29. The summed E-state index contributed by atoms with van der Waals surface area (Å²) < 4.78 is 71.4. The molecule has 2 aromatic heterocycles. The van der Waals surface area contributed by atoms with Gasteiger partial charge in [-0.3, -0.25) is 0 Å². The minimum atomic E-state index is -5.19. The third kappa shape index (κ3) is 14.9. The molecule has 0 saturated heterocycles. The van der Waals surface area contributed by atoms with Crippen LogP contribution in [0.1, 0.15) is 13.8 Å². The van der Waals surface area contributed by atoms with E-state index < -0.39 is 24.3 Å². The molecule has 0 aliphatic rings. The third-order valence-corrected chi connectivity index (χ3v) is 2.84. The molecule has 0 radical (unpaired) electrons. The van der Waals surface area contributed by atoms with Gasteiger partial charge < -0.3 is 19.8 Å². The van der Waals surface area contributed by atoms with Crippen LogP contribution >= 0.6 is 0 Å². The summed E-state index contributed by atoms with van der Waals surface area (Å²) in [6, 6.07) is 0. The number of nitrogens with zero attached hydrogens (tertiary/aromatic N) is 4. The standard InChI is InChI=1S/2C6H11N2.2C2HF3O2/c2*1-3-8-5-4-7(2)6-8;2*3-2(4,5)1(6)7/h2*4-6H,3H2,1-2H3;2*(H,6,7)/q2*+1;;/p-2. The summed E-state index contributed by atoms with van der Waals surface area (Å²) >= 11 is 0. The molecule has 0 aromatic carbocycles. The molecule has 0 saturated carbocycles. The lowest BCUT2D eigenvalue weighted by molar-refractivity contribution is -0.671. The molecule has 0 aliphatic carbocycles. The van der Waals surface area contributed by atoms with Crippen LogP contribution in [0, 0.1) is 0 Å². The van der Waals surface area contributed by atoms with E-state index in [2.05, 4.69) is 48.0 Å². The van der Waals surface area contributed by atoms with Crippen LogP contribution in [0.5, 0.6) is 0 Å². The van der Waals surface area contributed by atoms with Gasteiger partial charge >= 0.3 is 12.4 Å². The van der Waals surface area contributed by atoms with Crippen molar-refractivity contribution in [2.45, 2.75) is 39.3 Å². The molecule has 172 valence electrons. The van der Waals surface area contributed by atoms with Gasteiger partial charge in [-0.1, -0.05) is 0 Å². The van der Waals surface area contributed by atoms with Crippen molar-refractivity contribution in [2.24, 2.45) is 14.1 Å². The fourth-order valence-electron chi connectivity index (χ4n) is 1.38. The number of carbonyl (C=O) groups excluding carboxylic acids is 2. The van der Waals surface area contributed by atoms with Gasteiger partial charge in [0.2, 0.25) is 12.7 Å². The van der Waals surface area contributed by atoms with Crippen LogP contribution in [0.4, 0.5) is 26.3 Å². The van der Waals surface area contributed by atoms with E-state index in [1.807, 2.05) is 35.6 Å². The lowest BCUT2D eigenvalue weighted by atomic mass is 10.7. The van der Waals surface area contributed by atoms with Gasteiger partial charge in [-0.15, -0.1) is 0 Å². The number of carboxylic acid groups (broad SMARTS) is 2. The molecule has 0 spiro atoms. The topological polar surface area (TPSA) is 97.9 Å². The van der Waals surface area contributed by atoms with E-state index in [0.29, 0.717) is 0 Å². The zero-order valence-corrected chi connectivity index (χ0v) is 16.6. The average Bonchev–Trinajstić information content (AvgIpc) is 3.22. The van der Waals surface area contributed by atoms with E-state index in [9.17, 15) is 26.3 Å². The quantitative estimate of drug-likeness (QED) is 0.447. The SMILES string of the molecule is CCn1cc[n+](C)c1.CCn1cc[n+](C)c1.O=C([O-])C(F)(F)F.O=C([O-])C(F)(F)F. The van der Waals surface area contributed by atoms with Crippen LogP contribution in [0.2, 0.25) is 0 Å². The van der Waals surface area contributed by atoms with E-state index >= 15 is 0 Å². The summed E-state index contributed by atoms with van der Waals surface area (Å²) in [6.45, 7) is 6.36. The monoisotopic (exact) mass is 448 g/mol. The lowest BCUT2D eigenvalue weighted by Gasteiger charge is -2.03. The Kier molecular flexibility index (Phi) is 12.8. The molecule has 0 N–H and O–H groups in total. The van der Waals surface area contributed by atoms with Gasteiger partial charge in [-0.25, -0.2) is 18.3 Å². The van der Waals surface area contributed by atoms with Gasteiger partial charge in [0, 0.05) is 0 Å². The fraction of sp³-hybridized carbons (Fsp3) is 0.500. The van der Waals surface area contributed by atoms with Gasteiger partial charge in [0.1, 0.15) is 36.7 Å². The second kappa shape index (κ2) is 13.2. The largest absolute Gasteiger partial charge is 0.542 e. The molecule has 0 aliphatic heterocycles. The van der Waals surface area contributed by atoms with Gasteiger partial charge in [0.25, 0.3) is 0 Å². The highest BCUT2D eigenvalue weighted by molar-refractivity contribution is 5.71. The van der Waals surface area contributed by atoms with Gasteiger partial charge in [-0.2, -0.15) is 26.3 Å². The first kappa shape index (κ1) is 29.1. The van der Waals surface area contributed by atoms with Crippen molar-refractivity contribution in [3.63, 3.8) is 0 Å². The second-order valence-electron chi connectivity index (χ2n) is 5.39. The Labute approximate surface area is 168 Å². The van der Waals surface area contributed by atoms with E-state index in [0.717, 1.165) is 13.1 Å². The molecule has 0 unspecified atom stereocenters. The Morgan fingerprint density at radius 2 is 1.00 bits per heavy atom. The number of carboxylic acids is 2. The number of hydrogen-bond acceptors (Lipinski definition) is 4. The zero-order chi connectivity index (χ0) is 24.1. The molecule has 2 rings (SSSR count). The van der Waals surface area contributed by atoms with Crippen molar-refractivity contribution in [1.82, 2.24) is 9.13 Å². The van der Waals surface area contributed by atoms with Crippen LogP contribution in [-0.2, 0) is 36.8 Å². The number of imidazole rings is 2. The first-order valence-electron chi connectivity index (χ1n) is 8.12. The Balaban J connectivity index is 0. The molecule has 0 fully saturated rings. The molecule has 0 bridgehead atoms. The van der Waals surface area contributed by atoms with Crippen LogP contribution in [0.25, 0.3) is 0 Å². The molecule has 2 heterocycles. The van der Waals surface area contributed by atoms with Gasteiger partial charge in [-0.05, 0) is 13.8 Å². The average molecular weight is 448 g/mol. The number of aryl methyl sites for hydroxylation is 4. The number of aliphatic carboxylic acids is 2. The van der Waals surface area contributed by atoms with Crippen molar-refractivity contribution in [3.05, 3.63) is 37.4 Å². The number of alkyl halides is 6. The van der Waals surface area contributed by atoms with Crippen molar-refractivity contribution in [2.75, 3.05) is 0 Å². The van der Waals surface area contributed by atoms with E-state index in [1.54, 1.807) is 0 Å². The lowest BCUT2D eigenvalue weighted by Crippen LogP contribution is -2.37. The molecular weight excluding hydrogens is 426 g/mol. The molecule has 8 nitrogen and oxygen atoms in total. The maximum Gasteiger partial charge on any atom is 0.430 e. The van der Waals surface area contributed by atoms with Crippen molar-refractivity contribution in [3.8, 4) is 0 Å². The third-order valence-electron chi connectivity index (χ3n) is 2.84. The second-order valence-corrected chi connectivity index (χ2v) is 5.39. The first-order valence-corrected chi connectivity index (χ1v) is 8.12. The summed E-state index contributed by atoms with van der Waals surface area (Å²) in [5.74, 6) is -6.01. The zero-order valence-electron chi connectivity index (χ0n) is 16.6. The predicted octanol–water partition coefficient (Wildman–Crippen LogP) is -0.738. The Bertz CT molecular complexity index is 704. The Morgan fingerprint density at radius 3 is 1.07 bits per heavy atom. The molecule has 0 amide bonds. The van der Waals surface area contributed by atoms with Crippen molar-refractivity contribution in [1.29, 1.82) is 0 Å². The first-order chi connectivity index (χ1) is 13.5. The molecule has 0 atom stereocenters. The smallest absolute Gasteiger partial charge is 0.430 e. The number of carbonyl (C=O) groups is 2. The van der Waals surface area contributed by atoms with Crippen molar-refractivity contribution >= 4 is 11.9 Å². The number of rotatable bonds is 2. The van der Waals surface area contributed by atoms with Crippen molar-refractivity contribution < 1.29 is 55.3 Å². The molecule has 30 heavy (non-hydrogen) atoms. The minimum Gasteiger partial charge on any atom is -0.542 e. The van der Waals surface area contributed by atoms with Crippen LogP contribution in [-0.4, -0.2) is 33.4 Å². The number of aromatic nitrogens is 4. The van der Waals surface area contributed by atoms with Crippen LogP contribution in [0.15, 0.2) is 37.4 Å². The van der Waals surface area contributed by atoms with E-state index in [4.69, 9.17) is 19.8 Å². The Hall–Kier alpha value is -3.06. The fourth-order valence-corrected chi connectivity index (χ4v) is 1.38. The normalized spacial score (nSPS) is 10.5. The predicted molar refractivity (Wildman–Crippen MR) is 84.7 cm³/mol.